The number of aliphatic hydroxyl groups is 4. The van der Waals surface area contributed by atoms with Gasteiger partial charge in [0.2, 0.25) is 23.5 Å². The number of nitrogens with two attached hydrogens (primary N) is 2. The second kappa shape index (κ2) is 18.9. The normalized spacial score (nSPS) is 26.3. The van der Waals surface area contributed by atoms with Gasteiger partial charge in [-0.2, -0.15) is 0 Å². The van der Waals surface area contributed by atoms with E-state index in [0.29, 0.717) is 0 Å². The summed E-state index contributed by atoms with van der Waals surface area (Å²) in [4.78, 5) is 96.4. The van der Waals surface area contributed by atoms with Crippen molar-refractivity contribution in [2.45, 2.75) is 49.1 Å². The Morgan fingerprint density at radius 1 is 0.631 bits per heavy atom. The van der Waals surface area contributed by atoms with E-state index in [-0.39, 0.29) is 34.2 Å². The number of anilines is 2. The summed E-state index contributed by atoms with van der Waals surface area (Å²) in [5.74, 6) is -0.615. The maximum atomic E-state index is 13.2. The molecule has 2 aliphatic rings. The molecule has 0 aromatic carbocycles. The molecule has 4 aromatic heterocycles. The first kappa shape index (κ1) is 50.9. The minimum absolute atomic E-state index is 0.0175. The van der Waals surface area contributed by atoms with Gasteiger partial charge < -0.3 is 70.7 Å². The molecule has 0 radical (unpaired) electrons. The molecule has 6 heterocycles. The minimum Gasteiger partial charge on any atom is -0.387 e. The maximum absolute atomic E-state index is 13.2. The zero-order chi connectivity index (χ0) is 48.2. The zero-order valence-corrected chi connectivity index (χ0v) is 36.9. The van der Waals surface area contributed by atoms with Gasteiger partial charge in [-0.1, -0.05) is 9.97 Å². The molecule has 0 saturated carbocycles. The van der Waals surface area contributed by atoms with Crippen molar-refractivity contribution in [1.82, 2.24) is 29.1 Å². The summed E-state index contributed by atoms with van der Waals surface area (Å²) in [6.45, 7) is -7.90. The van der Waals surface area contributed by atoms with Crippen LogP contribution in [0.2, 0.25) is 0 Å². The molecule has 2 unspecified atom stereocenters. The van der Waals surface area contributed by atoms with Crippen LogP contribution < -0.4 is 31.7 Å². The van der Waals surface area contributed by atoms with Gasteiger partial charge in [-0.15, -0.1) is 0 Å². The van der Waals surface area contributed by atoms with Crippen LogP contribution >= 0.6 is 31.3 Å². The molecule has 6 rings (SSSR count). The van der Waals surface area contributed by atoms with Gasteiger partial charge in [-0.25, -0.2) is 27.4 Å². The summed E-state index contributed by atoms with van der Waals surface area (Å²) >= 11 is 0. The number of fused-ring (bicyclic) bond motifs is 2. The number of nitrogens with zero attached hydrogens (tertiary/aromatic N) is 6. The predicted molar refractivity (Wildman–Crippen MR) is 206 cm³/mol. The van der Waals surface area contributed by atoms with Crippen LogP contribution in [0.1, 0.15) is 12.5 Å². The van der Waals surface area contributed by atoms with Crippen LogP contribution in [0.3, 0.4) is 0 Å². The van der Waals surface area contributed by atoms with Crippen molar-refractivity contribution < 1.29 is 114 Å². The number of rotatable bonds is 20. The van der Waals surface area contributed by atoms with Crippen molar-refractivity contribution in [2.75, 3.05) is 51.1 Å². The number of aryl methyl sites for hydroxylation is 2. The Bertz CT molecular complexity index is 2540. The molecule has 2 fully saturated rings. The molecule has 0 aliphatic carbocycles. The van der Waals surface area contributed by atoms with Crippen LogP contribution in [-0.2, 0) is 69.0 Å². The monoisotopic (exact) mass is 1020 g/mol. The molecule has 2 aliphatic heterocycles. The average molecular weight is 1020 g/mol. The van der Waals surface area contributed by atoms with E-state index in [2.05, 4.69) is 29.0 Å². The van der Waals surface area contributed by atoms with Crippen LogP contribution in [0, 0.1) is 5.41 Å². The Hall–Kier alpha value is -3.50. The Balaban J connectivity index is 1.14. The maximum Gasteiger partial charge on any atom is 0.472 e. The van der Waals surface area contributed by atoms with Crippen LogP contribution in [-0.4, -0.2) is 155 Å². The van der Waals surface area contributed by atoms with Gasteiger partial charge in [0, 0.05) is 0 Å². The fourth-order valence-electron chi connectivity index (χ4n) is 6.64. The lowest BCUT2D eigenvalue weighted by Crippen LogP contribution is -2.46. The summed E-state index contributed by atoms with van der Waals surface area (Å²) in [5.41, 5.74) is 7.13. The number of phosphoric acid groups is 4. The molecule has 38 heteroatoms. The lowest BCUT2D eigenvalue weighted by molar-refractivity contribution is -0.746. The van der Waals surface area contributed by atoms with E-state index in [9.17, 15) is 77.6 Å². The van der Waals surface area contributed by atoms with Crippen molar-refractivity contribution in [1.29, 1.82) is 0 Å². The largest absolute Gasteiger partial charge is 0.472 e. The number of imidazole rings is 2. The first-order chi connectivity index (χ1) is 30.0. The number of ether oxygens (including phenoxy) is 2. The van der Waals surface area contributed by atoms with Crippen LogP contribution in [0.15, 0.2) is 22.2 Å². The van der Waals surface area contributed by atoms with Gasteiger partial charge >= 0.3 is 42.6 Å². The molecular formula is C27H44N10O24P4+2. The van der Waals surface area contributed by atoms with E-state index in [4.69, 9.17) is 39.0 Å². The van der Waals surface area contributed by atoms with Crippen LogP contribution in [0.5, 0.6) is 0 Å². The predicted octanol–water partition coefficient (Wildman–Crippen LogP) is -6.01. The molecule has 34 nitrogen and oxygen atoms in total. The molecule has 364 valence electrons. The lowest BCUT2D eigenvalue weighted by Gasteiger charge is -2.33. The van der Waals surface area contributed by atoms with E-state index in [0.717, 1.165) is 9.13 Å². The summed E-state index contributed by atoms with van der Waals surface area (Å²) in [6.07, 6.45) is -10.9. The molecule has 0 bridgehead atoms. The highest BCUT2D eigenvalue weighted by molar-refractivity contribution is 7.47. The number of hydrogen-bond donors (Lipinski definition) is 14. The van der Waals surface area contributed by atoms with Gasteiger partial charge in [-0.05, 0) is 0 Å². The SMILES string of the molecule is Cn1c[n+]([C@@H]2O[C@H](COP(=O)(O)OCC(COP(=O)(O)O)(COP(=O)(O)O)COP(=O)(O)OC[C@H]3O[C@@H]([n+]4cn(C)c5c(=O)[nH]c(N)nc54)[C@H](O)[C@@H]3O)[C@@H](O)[C@H]2O)c2nc(N)[nH]c(=O)c21. The summed E-state index contributed by atoms with van der Waals surface area (Å²) in [6, 6.07) is 0. The number of nitrogens with one attached hydrogen (secondary N) is 2. The number of aliphatic hydroxyl groups excluding tert-OH is 4. The van der Waals surface area contributed by atoms with Gasteiger partial charge in [-0.3, -0.25) is 55.8 Å². The standard InChI is InChI=1S/C27H42N10O24P4/c1-34-9-36(19-13(34)21(42)32-25(28)30-19)23-17(40)15(38)11(60-23)3-54-64(50,51)58-7-27(5-56-62(44,45)46,6-57-63(47,48)49)8-59-65(52,53)55-4-12-16(39)18(41)24(61-12)37-10-35(2)14-20(37)31-26(29)33-22(14)43/h9-12,15-18,23-24,38-41H,3-8H2,1-2H3,(H10-2,28,29,30,31,32,33,42,43,44,45,46,47,48,49,50,51,52,53)/p+2/t11-,12-,15-,16-,17-,18-,23-,24-/m1/s1. The van der Waals surface area contributed by atoms with Gasteiger partial charge in [0.1, 0.15) is 36.6 Å². The van der Waals surface area contributed by atoms with Crippen molar-refractivity contribution >= 4 is 65.5 Å². The topological polar surface area (TPSA) is 506 Å². The molecule has 2 saturated heterocycles. The third-order valence-electron chi connectivity index (χ3n) is 9.75. The molecule has 0 amide bonds. The fourth-order valence-corrected chi connectivity index (χ4v) is 9.22. The highest BCUT2D eigenvalue weighted by Crippen LogP contribution is 2.51. The van der Waals surface area contributed by atoms with E-state index in [1.807, 2.05) is 0 Å². The lowest BCUT2D eigenvalue weighted by atomic mass is 9.93. The highest BCUT2D eigenvalue weighted by Gasteiger charge is 2.50. The van der Waals surface area contributed by atoms with Gasteiger partial charge in [0.15, 0.2) is 12.7 Å². The van der Waals surface area contributed by atoms with E-state index in [1.54, 1.807) is 0 Å². The molecular weight excluding hydrogens is 972 g/mol. The second-order valence-electron chi connectivity index (χ2n) is 14.7. The van der Waals surface area contributed by atoms with Crippen molar-refractivity contribution in [3.63, 3.8) is 0 Å². The summed E-state index contributed by atoms with van der Waals surface area (Å²) in [7, 11) is -19.1. The van der Waals surface area contributed by atoms with Gasteiger partial charge in [0.05, 0.1) is 59.2 Å². The quantitative estimate of drug-likeness (QED) is 0.0289. The molecule has 16 N–H and O–H groups in total. The Morgan fingerprint density at radius 3 is 1.31 bits per heavy atom. The number of aromatic amines is 2. The average Bonchev–Trinajstić information content (AvgIpc) is 3.88. The van der Waals surface area contributed by atoms with Crippen LogP contribution in [0.25, 0.3) is 22.3 Å². The minimum atomic E-state index is -5.53. The first-order valence-corrected chi connectivity index (χ1v) is 24.2. The highest BCUT2D eigenvalue weighted by atomic mass is 31.2. The van der Waals surface area contributed by atoms with Crippen LogP contribution in [0.4, 0.5) is 11.9 Å². The van der Waals surface area contributed by atoms with Crippen molar-refractivity contribution in [3.8, 4) is 0 Å². The number of phosphoric ester groups is 4. The molecule has 4 aromatic rings. The first-order valence-electron chi connectivity index (χ1n) is 18.2. The van der Waals surface area contributed by atoms with E-state index < -0.39 is 137 Å². The second-order valence-corrected chi connectivity index (χ2v) is 20.1. The van der Waals surface area contributed by atoms with Gasteiger partial charge in [0.25, 0.3) is 23.0 Å². The third kappa shape index (κ3) is 11.8. The van der Waals surface area contributed by atoms with E-state index in [1.165, 1.54) is 35.9 Å². The Morgan fingerprint density at radius 2 is 0.969 bits per heavy atom. The Kier molecular flexibility index (Phi) is 14.8. The third-order valence-corrected chi connectivity index (χ3v) is 12.5. The number of hydrogen-bond acceptors (Lipinski definition) is 22. The Labute approximate surface area is 361 Å². The number of H-pyrrole nitrogens is 2. The summed E-state index contributed by atoms with van der Waals surface area (Å²) in [5, 5.41) is 43.0. The molecule has 0 spiro atoms. The molecule has 10 atom stereocenters. The fraction of sp³-hybridized carbons (Fsp3) is 0.630. The zero-order valence-electron chi connectivity index (χ0n) is 33.3. The van der Waals surface area contributed by atoms with Crippen molar-refractivity contribution in [2.24, 2.45) is 19.5 Å². The van der Waals surface area contributed by atoms with E-state index >= 15 is 0 Å². The smallest absolute Gasteiger partial charge is 0.387 e. The number of nitrogen functional groups attached to an aromatic ring is 2. The molecule has 65 heavy (non-hydrogen) atoms. The van der Waals surface area contributed by atoms with Crippen molar-refractivity contribution in [3.05, 3.63) is 33.4 Å². The number of aromatic nitrogens is 8. The summed E-state index contributed by atoms with van der Waals surface area (Å²) < 4.78 is 94.5.